The van der Waals surface area contributed by atoms with Crippen LogP contribution in [-0.4, -0.2) is 51.6 Å². The van der Waals surface area contributed by atoms with Crippen LogP contribution in [0, 0.1) is 0 Å². The zero-order valence-electron chi connectivity index (χ0n) is 12.4. The van der Waals surface area contributed by atoms with Crippen molar-refractivity contribution in [3.05, 3.63) is 24.3 Å². The van der Waals surface area contributed by atoms with Crippen LogP contribution in [0.1, 0.15) is 12.8 Å². The fourth-order valence-electron chi connectivity index (χ4n) is 2.22. The number of carbonyl (C=O) groups is 1. The summed E-state index contributed by atoms with van der Waals surface area (Å²) in [6.07, 6.45) is 1.48. The van der Waals surface area contributed by atoms with Crippen LogP contribution >= 0.6 is 0 Å². The van der Waals surface area contributed by atoms with Crippen LogP contribution in [0.15, 0.2) is 24.3 Å². The van der Waals surface area contributed by atoms with Crippen LogP contribution in [0.4, 0.5) is 11.4 Å². The lowest BCUT2D eigenvalue weighted by Crippen LogP contribution is -2.42. The molecule has 0 unspecified atom stereocenters. The van der Waals surface area contributed by atoms with Gasteiger partial charge in [0.25, 0.3) is 0 Å². The third-order valence-electron chi connectivity index (χ3n) is 3.44. The fraction of sp³-hybridized carbons (Fsp3) is 0.500. The quantitative estimate of drug-likeness (QED) is 0.904. The topological polar surface area (TPSA) is 69.7 Å². The third-order valence-corrected chi connectivity index (χ3v) is 5.34. The Morgan fingerprint density at radius 3 is 2.48 bits per heavy atom. The molecule has 0 radical (unpaired) electrons. The van der Waals surface area contributed by atoms with Crippen molar-refractivity contribution >= 4 is 27.3 Å². The Labute approximate surface area is 125 Å². The maximum atomic E-state index is 12.0. The maximum Gasteiger partial charge on any atom is 0.239 e. The second-order valence-electron chi connectivity index (χ2n) is 5.35. The molecule has 0 aromatic heterocycles. The summed E-state index contributed by atoms with van der Waals surface area (Å²) in [4.78, 5) is 13.9. The monoisotopic (exact) mass is 311 g/mol. The molecule has 1 aliphatic heterocycles. The number of hydrogen-bond acceptors (Lipinski definition) is 4. The number of rotatable bonds is 4. The SMILES string of the molecule is CN(C)c1ccc(NC(=O)CN2CCCCS2(=O)=O)cc1. The first kappa shape index (κ1) is 15.8. The van der Waals surface area contributed by atoms with Gasteiger partial charge in [0.1, 0.15) is 0 Å². The molecule has 1 heterocycles. The van der Waals surface area contributed by atoms with Gasteiger partial charge in [-0.15, -0.1) is 0 Å². The predicted molar refractivity (Wildman–Crippen MR) is 84.0 cm³/mol. The lowest BCUT2D eigenvalue weighted by molar-refractivity contribution is -0.116. The number of hydrogen-bond donors (Lipinski definition) is 1. The van der Waals surface area contributed by atoms with E-state index in [1.165, 1.54) is 4.31 Å². The van der Waals surface area contributed by atoms with Crippen molar-refractivity contribution in [1.82, 2.24) is 4.31 Å². The predicted octanol–water partition coefficient (Wildman–Crippen LogP) is 1.12. The summed E-state index contributed by atoms with van der Waals surface area (Å²) in [5, 5.41) is 2.73. The highest BCUT2D eigenvalue weighted by molar-refractivity contribution is 7.89. The molecular formula is C14H21N3O3S. The van der Waals surface area contributed by atoms with Gasteiger partial charge < -0.3 is 10.2 Å². The Morgan fingerprint density at radius 1 is 1.24 bits per heavy atom. The highest BCUT2D eigenvalue weighted by Crippen LogP contribution is 2.16. The molecule has 1 fully saturated rings. The molecule has 0 saturated carbocycles. The van der Waals surface area contributed by atoms with Crippen molar-refractivity contribution in [1.29, 1.82) is 0 Å². The number of amides is 1. The van der Waals surface area contributed by atoms with Crippen molar-refractivity contribution in [2.24, 2.45) is 0 Å². The van der Waals surface area contributed by atoms with Gasteiger partial charge in [0.05, 0.1) is 12.3 Å². The third kappa shape index (κ3) is 4.18. The van der Waals surface area contributed by atoms with Crippen LogP contribution in [0.25, 0.3) is 0 Å². The second kappa shape index (κ2) is 6.44. The van der Waals surface area contributed by atoms with E-state index in [2.05, 4.69) is 5.32 Å². The fourth-order valence-corrected chi connectivity index (χ4v) is 3.77. The van der Waals surface area contributed by atoms with E-state index in [0.717, 1.165) is 12.1 Å². The average molecular weight is 311 g/mol. The van der Waals surface area contributed by atoms with Crippen LogP contribution < -0.4 is 10.2 Å². The highest BCUT2D eigenvalue weighted by Gasteiger charge is 2.27. The molecule has 0 bridgehead atoms. The van der Waals surface area contributed by atoms with Crippen molar-refractivity contribution in [3.8, 4) is 0 Å². The van der Waals surface area contributed by atoms with Crippen molar-refractivity contribution in [2.75, 3.05) is 43.2 Å². The molecule has 1 aliphatic rings. The van der Waals surface area contributed by atoms with E-state index >= 15 is 0 Å². The Hall–Kier alpha value is -1.60. The van der Waals surface area contributed by atoms with E-state index in [9.17, 15) is 13.2 Å². The van der Waals surface area contributed by atoms with Crippen LogP contribution in [0.2, 0.25) is 0 Å². The molecule has 1 N–H and O–H groups in total. The first-order valence-corrected chi connectivity index (χ1v) is 8.54. The van der Waals surface area contributed by atoms with Crippen molar-refractivity contribution in [3.63, 3.8) is 0 Å². The molecule has 116 valence electrons. The molecule has 1 aromatic rings. The van der Waals surface area contributed by atoms with E-state index in [1.807, 2.05) is 31.1 Å². The molecule has 0 aliphatic carbocycles. The zero-order chi connectivity index (χ0) is 15.5. The van der Waals surface area contributed by atoms with E-state index < -0.39 is 10.0 Å². The van der Waals surface area contributed by atoms with Crippen molar-refractivity contribution < 1.29 is 13.2 Å². The minimum absolute atomic E-state index is 0.113. The molecule has 2 rings (SSSR count). The van der Waals surface area contributed by atoms with E-state index in [0.29, 0.717) is 18.7 Å². The number of benzene rings is 1. The number of sulfonamides is 1. The lowest BCUT2D eigenvalue weighted by Gasteiger charge is -2.25. The Bertz CT molecular complexity index is 596. The minimum Gasteiger partial charge on any atom is -0.378 e. The first-order chi connectivity index (χ1) is 9.88. The van der Waals surface area contributed by atoms with Gasteiger partial charge in [-0.3, -0.25) is 4.79 Å². The van der Waals surface area contributed by atoms with Gasteiger partial charge in [-0.1, -0.05) is 0 Å². The Kier molecular flexibility index (Phi) is 4.84. The standard InChI is InChI=1S/C14H21N3O3S/c1-16(2)13-7-5-12(6-8-13)15-14(18)11-17-9-3-4-10-21(17,19)20/h5-8H,3-4,9-11H2,1-2H3,(H,15,18). The molecule has 0 atom stereocenters. The summed E-state index contributed by atoms with van der Waals surface area (Å²) in [6, 6.07) is 7.40. The van der Waals surface area contributed by atoms with E-state index in [4.69, 9.17) is 0 Å². The number of carbonyl (C=O) groups excluding carboxylic acids is 1. The molecule has 1 aromatic carbocycles. The second-order valence-corrected chi connectivity index (χ2v) is 7.43. The largest absolute Gasteiger partial charge is 0.378 e. The smallest absolute Gasteiger partial charge is 0.239 e. The normalized spacial score (nSPS) is 18.2. The molecule has 21 heavy (non-hydrogen) atoms. The van der Waals surface area contributed by atoms with Gasteiger partial charge in [0, 0.05) is 32.0 Å². The van der Waals surface area contributed by atoms with Gasteiger partial charge in [-0.05, 0) is 37.1 Å². The molecule has 6 nitrogen and oxygen atoms in total. The van der Waals surface area contributed by atoms with Gasteiger partial charge in [-0.25, -0.2) is 8.42 Å². The summed E-state index contributed by atoms with van der Waals surface area (Å²) in [5.74, 6) is -0.171. The highest BCUT2D eigenvalue weighted by atomic mass is 32.2. The maximum absolute atomic E-state index is 12.0. The van der Waals surface area contributed by atoms with Gasteiger partial charge in [0.2, 0.25) is 15.9 Å². The summed E-state index contributed by atoms with van der Waals surface area (Å²) in [5.41, 5.74) is 1.70. The van der Waals surface area contributed by atoms with Crippen LogP contribution in [0.5, 0.6) is 0 Å². The van der Waals surface area contributed by atoms with Crippen molar-refractivity contribution in [2.45, 2.75) is 12.8 Å². The van der Waals surface area contributed by atoms with Crippen LogP contribution in [0.3, 0.4) is 0 Å². The minimum atomic E-state index is -3.26. The molecule has 0 spiro atoms. The number of nitrogens with zero attached hydrogens (tertiary/aromatic N) is 2. The molecule has 7 heteroatoms. The molecular weight excluding hydrogens is 290 g/mol. The number of nitrogens with one attached hydrogen (secondary N) is 1. The van der Waals surface area contributed by atoms with Gasteiger partial charge in [-0.2, -0.15) is 4.31 Å². The summed E-state index contributed by atoms with van der Waals surface area (Å²) >= 11 is 0. The molecule has 1 amide bonds. The first-order valence-electron chi connectivity index (χ1n) is 6.93. The summed E-state index contributed by atoms with van der Waals surface area (Å²) in [7, 11) is 0.616. The van der Waals surface area contributed by atoms with Gasteiger partial charge in [0.15, 0.2) is 0 Å². The zero-order valence-corrected chi connectivity index (χ0v) is 13.2. The Morgan fingerprint density at radius 2 is 1.90 bits per heavy atom. The van der Waals surface area contributed by atoms with Gasteiger partial charge >= 0.3 is 0 Å². The van der Waals surface area contributed by atoms with Crippen LogP contribution in [-0.2, 0) is 14.8 Å². The Balaban J connectivity index is 1.95. The summed E-state index contributed by atoms with van der Waals surface area (Å²) in [6.45, 7) is 0.313. The number of anilines is 2. The lowest BCUT2D eigenvalue weighted by atomic mass is 10.2. The van der Waals surface area contributed by atoms with E-state index in [-0.39, 0.29) is 18.2 Å². The molecule has 1 saturated heterocycles. The summed E-state index contributed by atoms with van der Waals surface area (Å²) < 4.78 is 24.9. The average Bonchev–Trinajstić information content (AvgIpc) is 2.41. The van der Waals surface area contributed by atoms with E-state index in [1.54, 1.807) is 12.1 Å².